The molecule has 140 valence electrons. The summed E-state index contributed by atoms with van der Waals surface area (Å²) < 4.78 is 47.0. The summed E-state index contributed by atoms with van der Waals surface area (Å²) in [5, 5.41) is 0. The maximum absolute atomic E-state index is 14.2. The molecule has 0 spiro atoms. The van der Waals surface area contributed by atoms with Crippen LogP contribution in [0.3, 0.4) is 0 Å². The summed E-state index contributed by atoms with van der Waals surface area (Å²) in [6.45, 7) is 4.61. The summed E-state index contributed by atoms with van der Waals surface area (Å²) in [6.07, 6.45) is 1.17. The van der Waals surface area contributed by atoms with Gasteiger partial charge >= 0.3 is 0 Å². The maximum Gasteiger partial charge on any atom is 0.243 e. The zero-order chi connectivity index (χ0) is 18.7. The molecule has 1 unspecified atom stereocenters. The molecule has 1 fully saturated rings. The summed E-state index contributed by atoms with van der Waals surface area (Å²) in [4.78, 5) is 0.285. The van der Waals surface area contributed by atoms with E-state index in [1.165, 1.54) is 10.4 Å². The molecule has 1 aliphatic heterocycles. The fourth-order valence-electron chi connectivity index (χ4n) is 3.20. The highest BCUT2D eigenvalue weighted by Crippen LogP contribution is 2.26. The van der Waals surface area contributed by atoms with Gasteiger partial charge in [-0.3, -0.25) is 0 Å². The van der Waals surface area contributed by atoms with Gasteiger partial charge in [0.1, 0.15) is 17.7 Å². The first-order valence-corrected chi connectivity index (χ1v) is 10.3. The molecule has 0 bridgehead atoms. The van der Waals surface area contributed by atoms with Gasteiger partial charge in [0.25, 0.3) is 0 Å². The summed E-state index contributed by atoms with van der Waals surface area (Å²) in [6, 6.07) is 13.3. The molecule has 1 heterocycles. The van der Waals surface area contributed by atoms with Crippen molar-refractivity contribution in [3.63, 3.8) is 0 Å². The van der Waals surface area contributed by atoms with Gasteiger partial charge < -0.3 is 4.74 Å². The number of piperidine rings is 1. The van der Waals surface area contributed by atoms with E-state index in [1.807, 2.05) is 13.8 Å². The minimum absolute atomic E-state index is 0.102. The molecule has 0 amide bonds. The van der Waals surface area contributed by atoms with Gasteiger partial charge in [0.15, 0.2) is 0 Å². The monoisotopic (exact) mass is 377 g/mol. The van der Waals surface area contributed by atoms with Crippen molar-refractivity contribution in [2.45, 2.75) is 43.6 Å². The Balaban J connectivity index is 1.72. The summed E-state index contributed by atoms with van der Waals surface area (Å²) in [5.41, 5.74) is 0.647. The van der Waals surface area contributed by atoms with E-state index >= 15 is 0 Å². The molecule has 4 nitrogen and oxygen atoms in total. The van der Waals surface area contributed by atoms with E-state index in [-0.39, 0.29) is 29.3 Å². The van der Waals surface area contributed by atoms with Crippen molar-refractivity contribution in [2.24, 2.45) is 0 Å². The molecule has 0 N–H and O–H groups in total. The van der Waals surface area contributed by atoms with E-state index in [2.05, 4.69) is 0 Å². The van der Waals surface area contributed by atoms with Crippen molar-refractivity contribution < 1.29 is 17.5 Å². The molecule has 0 saturated carbocycles. The van der Waals surface area contributed by atoms with Crippen LogP contribution in [0.1, 0.15) is 38.2 Å². The Morgan fingerprint density at radius 1 is 1.15 bits per heavy atom. The lowest BCUT2D eigenvalue weighted by Crippen LogP contribution is -2.44. The van der Waals surface area contributed by atoms with Gasteiger partial charge in [0.05, 0.1) is 11.4 Å². The SMILES string of the molecule is CC(C)c1ccc(OC2CCCN(S(=O)(=O)c3ccccc3)C2)cc1F. The Labute approximate surface area is 154 Å². The number of halogens is 1. The van der Waals surface area contributed by atoms with Crippen molar-refractivity contribution in [2.75, 3.05) is 13.1 Å². The number of ether oxygens (including phenoxy) is 1. The molecule has 0 aliphatic carbocycles. The fourth-order valence-corrected chi connectivity index (χ4v) is 4.73. The maximum atomic E-state index is 14.2. The van der Waals surface area contributed by atoms with Crippen molar-refractivity contribution >= 4 is 10.0 Å². The van der Waals surface area contributed by atoms with Gasteiger partial charge in [-0.1, -0.05) is 38.1 Å². The molecule has 0 radical (unpaired) electrons. The molecule has 1 atom stereocenters. The van der Waals surface area contributed by atoms with Crippen molar-refractivity contribution in [1.29, 1.82) is 0 Å². The van der Waals surface area contributed by atoms with Gasteiger partial charge in [-0.15, -0.1) is 0 Å². The number of rotatable bonds is 5. The molecular formula is C20H24FNO3S. The third-order valence-corrected chi connectivity index (χ3v) is 6.50. The number of hydrogen-bond donors (Lipinski definition) is 0. The molecule has 26 heavy (non-hydrogen) atoms. The average molecular weight is 377 g/mol. The Bertz CT molecular complexity index is 853. The minimum atomic E-state index is -3.53. The van der Waals surface area contributed by atoms with E-state index in [0.29, 0.717) is 24.3 Å². The third-order valence-electron chi connectivity index (χ3n) is 4.62. The van der Waals surface area contributed by atoms with Crippen LogP contribution in [-0.2, 0) is 10.0 Å². The van der Waals surface area contributed by atoms with Gasteiger partial charge in [-0.2, -0.15) is 4.31 Å². The van der Waals surface area contributed by atoms with Crippen LogP contribution >= 0.6 is 0 Å². The second-order valence-electron chi connectivity index (χ2n) is 6.90. The Morgan fingerprint density at radius 3 is 2.54 bits per heavy atom. The Morgan fingerprint density at radius 2 is 1.88 bits per heavy atom. The second-order valence-corrected chi connectivity index (χ2v) is 8.83. The zero-order valence-electron chi connectivity index (χ0n) is 15.1. The molecule has 2 aromatic rings. The normalized spacial score (nSPS) is 18.8. The molecule has 1 aliphatic rings. The highest BCUT2D eigenvalue weighted by atomic mass is 32.2. The van der Waals surface area contributed by atoms with E-state index in [9.17, 15) is 12.8 Å². The predicted octanol–water partition coefficient (Wildman–Crippen LogP) is 4.18. The van der Waals surface area contributed by atoms with Crippen LogP contribution in [0.2, 0.25) is 0 Å². The van der Waals surface area contributed by atoms with Gasteiger partial charge in [0.2, 0.25) is 10.0 Å². The molecule has 6 heteroatoms. The van der Waals surface area contributed by atoms with Crippen LogP contribution in [0.4, 0.5) is 4.39 Å². The fraction of sp³-hybridized carbons (Fsp3) is 0.400. The number of hydrogen-bond acceptors (Lipinski definition) is 3. The molecule has 2 aromatic carbocycles. The van der Waals surface area contributed by atoms with Crippen molar-refractivity contribution in [1.82, 2.24) is 4.31 Å². The van der Waals surface area contributed by atoms with Crippen LogP contribution in [0.5, 0.6) is 5.75 Å². The number of sulfonamides is 1. The zero-order valence-corrected chi connectivity index (χ0v) is 15.9. The Hall–Kier alpha value is -1.92. The lowest BCUT2D eigenvalue weighted by Gasteiger charge is -2.32. The molecular weight excluding hydrogens is 353 g/mol. The second kappa shape index (κ2) is 7.76. The topological polar surface area (TPSA) is 46.6 Å². The minimum Gasteiger partial charge on any atom is -0.489 e. The molecule has 1 saturated heterocycles. The first-order chi connectivity index (χ1) is 12.4. The standard InChI is InChI=1S/C20H24FNO3S/c1-15(2)19-11-10-16(13-20(19)21)25-17-7-6-12-22(14-17)26(23,24)18-8-4-3-5-9-18/h3-5,8-11,13,15,17H,6-7,12,14H2,1-2H3. The molecule has 3 rings (SSSR count). The summed E-state index contributed by atoms with van der Waals surface area (Å²) in [5.74, 6) is 0.253. The van der Waals surface area contributed by atoms with Crippen LogP contribution in [0, 0.1) is 5.82 Å². The van der Waals surface area contributed by atoms with E-state index in [1.54, 1.807) is 42.5 Å². The van der Waals surface area contributed by atoms with Crippen LogP contribution in [0.25, 0.3) is 0 Å². The first kappa shape index (κ1) is 18.9. The van der Waals surface area contributed by atoms with Gasteiger partial charge in [-0.05, 0) is 42.5 Å². The van der Waals surface area contributed by atoms with Crippen LogP contribution in [-0.4, -0.2) is 31.9 Å². The highest BCUT2D eigenvalue weighted by molar-refractivity contribution is 7.89. The lowest BCUT2D eigenvalue weighted by atomic mass is 10.0. The third kappa shape index (κ3) is 4.07. The Kier molecular flexibility index (Phi) is 5.63. The largest absolute Gasteiger partial charge is 0.489 e. The highest BCUT2D eigenvalue weighted by Gasteiger charge is 2.31. The van der Waals surface area contributed by atoms with Crippen LogP contribution < -0.4 is 4.74 Å². The average Bonchev–Trinajstić information content (AvgIpc) is 2.62. The number of nitrogens with zero attached hydrogens (tertiary/aromatic N) is 1. The van der Waals surface area contributed by atoms with Crippen LogP contribution in [0.15, 0.2) is 53.4 Å². The van der Waals surface area contributed by atoms with Crippen molar-refractivity contribution in [3.8, 4) is 5.75 Å². The predicted molar refractivity (Wildman–Crippen MR) is 99.3 cm³/mol. The summed E-state index contributed by atoms with van der Waals surface area (Å²) >= 11 is 0. The van der Waals surface area contributed by atoms with E-state index in [4.69, 9.17) is 4.74 Å². The summed E-state index contributed by atoms with van der Waals surface area (Å²) in [7, 11) is -3.53. The number of benzene rings is 2. The first-order valence-electron chi connectivity index (χ1n) is 8.89. The quantitative estimate of drug-likeness (QED) is 0.785. The van der Waals surface area contributed by atoms with Gasteiger partial charge in [0, 0.05) is 12.6 Å². The van der Waals surface area contributed by atoms with Crippen molar-refractivity contribution in [3.05, 3.63) is 59.9 Å². The van der Waals surface area contributed by atoms with E-state index in [0.717, 1.165) is 6.42 Å². The molecule has 0 aromatic heterocycles. The lowest BCUT2D eigenvalue weighted by molar-refractivity contribution is 0.129. The smallest absolute Gasteiger partial charge is 0.243 e. The van der Waals surface area contributed by atoms with Gasteiger partial charge in [-0.25, -0.2) is 12.8 Å². The van der Waals surface area contributed by atoms with E-state index < -0.39 is 10.0 Å².